The molecule has 0 saturated heterocycles. The fourth-order valence-corrected chi connectivity index (χ4v) is 1.59. The van der Waals surface area contributed by atoms with E-state index in [-0.39, 0.29) is 6.54 Å². The molecule has 0 atom stereocenters. The van der Waals surface area contributed by atoms with Crippen molar-refractivity contribution in [1.82, 2.24) is 4.90 Å². The van der Waals surface area contributed by atoms with E-state index in [4.69, 9.17) is 5.11 Å². The molecule has 2 amide bonds. The molecule has 0 aromatic heterocycles. The van der Waals surface area contributed by atoms with Crippen LogP contribution in [-0.4, -0.2) is 35.6 Å². The van der Waals surface area contributed by atoms with Crippen LogP contribution in [0.25, 0.3) is 0 Å². The Morgan fingerprint density at radius 2 is 2.12 bits per heavy atom. The number of anilines is 1. The summed E-state index contributed by atoms with van der Waals surface area (Å²) in [6.07, 6.45) is 0. The number of benzene rings is 1. The van der Waals surface area contributed by atoms with Crippen molar-refractivity contribution >= 4 is 33.6 Å². The van der Waals surface area contributed by atoms with Gasteiger partial charge in [-0.2, -0.15) is 0 Å². The van der Waals surface area contributed by atoms with Crippen molar-refractivity contribution in [3.63, 3.8) is 0 Å². The van der Waals surface area contributed by atoms with Gasteiger partial charge in [-0.05, 0) is 34.5 Å². The first kappa shape index (κ1) is 13.5. The van der Waals surface area contributed by atoms with Gasteiger partial charge >= 0.3 is 12.0 Å². The summed E-state index contributed by atoms with van der Waals surface area (Å²) in [6, 6.07) is 5.00. The molecule has 1 aromatic carbocycles. The third-order valence-corrected chi connectivity index (χ3v) is 3.21. The van der Waals surface area contributed by atoms with Gasteiger partial charge in [0.15, 0.2) is 0 Å². The lowest BCUT2D eigenvalue weighted by atomic mass is 10.2. The molecule has 0 radical (unpaired) electrons. The number of urea groups is 1. The van der Waals surface area contributed by atoms with Crippen molar-refractivity contribution in [2.24, 2.45) is 0 Å². The molecule has 0 spiro atoms. The van der Waals surface area contributed by atoms with Crippen LogP contribution >= 0.6 is 15.9 Å². The van der Waals surface area contributed by atoms with E-state index in [1.54, 1.807) is 6.07 Å². The fourth-order valence-electron chi connectivity index (χ4n) is 1.23. The lowest BCUT2D eigenvalue weighted by molar-refractivity contribution is -0.137. The van der Waals surface area contributed by atoms with Crippen LogP contribution in [0.2, 0.25) is 0 Å². The van der Waals surface area contributed by atoms with Gasteiger partial charge < -0.3 is 15.3 Å². The second-order valence-electron chi connectivity index (χ2n) is 3.62. The first-order valence-electron chi connectivity index (χ1n) is 4.91. The molecule has 1 rings (SSSR count). The van der Waals surface area contributed by atoms with Gasteiger partial charge in [-0.25, -0.2) is 4.79 Å². The molecule has 0 bridgehead atoms. The van der Waals surface area contributed by atoms with Crippen LogP contribution in [0, 0.1) is 6.92 Å². The molecule has 0 saturated carbocycles. The molecule has 0 heterocycles. The smallest absolute Gasteiger partial charge is 0.323 e. The number of carboxylic acids is 1. The van der Waals surface area contributed by atoms with Gasteiger partial charge in [-0.3, -0.25) is 4.79 Å². The second-order valence-corrected chi connectivity index (χ2v) is 4.41. The molecule has 1 aromatic rings. The van der Waals surface area contributed by atoms with E-state index >= 15 is 0 Å². The van der Waals surface area contributed by atoms with E-state index in [1.165, 1.54) is 7.05 Å². The molecule has 0 unspecified atom stereocenters. The highest BCUT2D eigenvalue weighted by Crippen LogP contribution is 2.25. The Hall–Kier alpha value is -1.56. The number of carbonyl (C=O) groups is 2. The van der Waals surface area contributed by atoms with E-state index in [1.807, 2.05) is 19.1 Å². The molecule has 0 aliphatic carbocycles. The third-order valence-electron chi connectivity index (χ3n) is 2.15. The zero-order valence-electron chi connectivity index (χ0n) is 9.53. The normalized spacial score (nSPS) is 9.82. The summed E-state index contributed by atoms with van der Waals surface area (Å²) >= 11 is 3.36. The minimum Gasteiger partial charge on any atom is -0.480 e. The number of carbonyl (C=O) groups excluding carboxylic acids is 1. The highest BCUT2D eigenvalue weighted by Gasteiger charge is 2.13. The predicted molar refractivity (Wildman–Crippen MR) is 68.2 cm³/mol. The maximum absolute atomic E-state index is 11.6. The highest BCUT2D eigenvalue weighted by atomic mass is 79.9. The van der Waals surface area contributed by atoms with Gasteiger partial charge in [0.1, 0.15) is 6.54 Å². The topological polar surface area (TPSA) is 69.6 Å². The van der Waals surface area contributed by atoms with Crippen molar-refractivity contribution in [2.45, 2.75) is 6.92 Å². The van der Waals surface area contributed by atoms with Gasteiger partial charge in [-0.15, -0.1) is 0 Å². The summed E-state index contributed by atoms with van der Waals surface area (Å²) in [7, 11) is 1.42. The van der Waals surface area contributed by atoms with E-state index in [0.29, 0.717) is 5.69 Å². The molecule has 2 N–H and O–H groups in total. The van der Waals surface area contributed by atoms with E-state index in [0.717, 1.165) is 14.9 Å². The lowest BCUT2D eigenvalue weighted by Gasteiger charge is -2.16. The van der Waals surface area contributed by atoms with Crippen LogP contribution in [0.1, 0.15) is 5.56 Å². The van der Waals surface area contributed by atoms with Crippen molar-refractivity contribution in [1.29, 1.82) is 0 Å². The third kappa shape index (κ3) is 3.74. The zero-order valence-corrected chi connectivity index (χ0v) is 11.1. The molecule has 6 heteroatoms. The van der Waals surface area contributed by atoms with Gasteiger partial charge in [0, 0.05) is 11.5 Å². The van der Waals surface area contributed by atoms with Crippen LogP contribution in [0.5, 0.6) is 0 Å². The summed E-state index contributed by atoms with van der Waals surface area (Å²) in [6.45, 7) is 1.57. The van der Waals surface area contributed by atoms with Crippen molar-refractivity contribution in [3.05, 3.63) is 28.2 Å². The first-order valence-corrected chi connectivity index (χ1v) is 5.70. The maximum Gasteiger partial charge on any atom is 0.323 e. The fraction of sp³-hybridized carbons (Fsp3) is 0.273. The summed E-state index contributed by atoms with van der Waals surface area (Å²) in [5.41, 5.74) is 1.61. The van der Waals surface area contributed by atoms with Crippen LogP contribution in [-0.2, 0) is 4.79 Å². The first-order chi connectivity index (χ1) is 7.91. The van der Waals surface area contributed by atoms with Gasteiger partial charge in [0.25, 0.3) is 0 Å². The Morgan fingerprint density at radius 1 is 1.47 bits per heavy atom. The SMILES string of the molecule is Cc1cccc(NC(=O)N(C)CC(=O)O)c1Br. The number of nitrogens with zero attached hydrogens (tertiary/aromatic N) is 1. The van der Waals surface area contributed by atoms with Gasteiger partial charge in [0.2, 0.25) is 0 Å². The van der Waals surface area contributed by atoms with Crippen LogP contribution < -0.4 is 5.32 Å². The highest BCUT2D eigenvalue weighted by molar-refractivity contribution is 9.10. The number of rotatable bonds is 3. The number of hydrogen-bond acceptors (Lipinski definition) is 2. The summed E-state index contributed by atoms with van der Waals surface area (Å²) in [4.78, 5) is 23.2. The predicted octanol–water partition coefficient (Wildman–Crippen LogP) is 2.31. The Labute approximate surface area is 108 Å². The number of hydrogen-bond donors (Lipinski definition) is 2. The molecule has 0 aliphatic rings. The summed E-state index contributed by atoms with van der Waals surface area (Å²) in [5, 5.41) is 11.2. The molecular formula is C11H13BrN2O3. The summed E-state index contributed by atoms with van der Waals surface area (Å²) < 4.78 is 0.789. The minimum atomic E-state index is -1.05. The molecule has 92 valence electrons. The van der Waals surface area contributed by atoms with E-state index in [2.05, 4.69) is 21.2 Å². The molecule has 0 fully saturated rings. The largest absolute Gasteiger partial charge is 0.480 e. The van der Waals surface area contributed by atoms with Gasteiger partial charge in [0.05, 0.1) is 5.69 Å². The van der Waals surface area contributed by atoms with Crippen LogP contribution in [0.4, 0.5) is 10.5 Å². The molecule has 5 nitrogen and oxygen atoms in total. The van der Waals surface area contributed by atoms with Crippen molar-refractivity contribution in [2.75, 3.05) is 18.9 Å². The quantitative estimate of drug-likeness (QED) is 0.900. The van der Waals surface area contributed by atoms with Gasteiger partial charge in [-0.1, -0.05) is 12.1 Å². The number of carboxylic acid groups (broad SMARTS) is 1. The maximum atomic E-state index is 11.6. The Kier molecular flexibility index (Phi) is 4.51. The van der Waals surface area contributed by atoms with Crippen LogP contribution in [0.15, 0.2) is 22.7 Å². The average molecular weight is 301 g/mol. The molecular weight excluding hydrogens is 288 g/mol. The number of aryl methyl sites for hydroxylation is 1. The van der Waals surface area contributed by atoms with Crippen LogP contribution in [0.3, 0.4) is 0 Å². The number of amides is 2. The number of aliphatic carboxylic acids is 1. The van der Waals surface area contributed by atoms with Crippen molar-refractivity contribution in [3.8, 4) is 0 Å². The Morgan fingerprint density at radius 3 is 2.71 bits per heavy atom. The standard InChI is InChI=1S/C11H13BrN2O3/c1-7-4-3-5-8(10(7)12)13-11(17)14(2)6-9(15)16/h3-5H,6H2,1-2H3,(H,13,17)(H,15,16). The Bertz CT molecular complexity index is 448. The average Bonchev–Trinajstić information content (AvgIpc) is 2.23. The zero-order chi connectivity index (χ0) is 13.0. The van der Waals surface area contributed by atoms with Crippen molar-refractivity contribution < 1.29 is 14.7 Å². The lowest BCUT2D eigenvalue weighted by Crippen LogP contribution is -2.35. The van der Waals surface area contributed by atoms with E-state index in [9.17, 15) is 9.59 Å². The molecule has 0 aliphatic heterocycles. The summed E-state index contributed by atoms with van der Waals surface area (Å²) in [5.74, 6) is -1.05. The van der Waals surface area contributed by atoms with E-state index < -0.39 is 12.0 Å². The minimum absolute atomic E-state index is 0.338. The second kappa shape index (κ2) is 5.67. The Balaban J connectivity index is 2.74. The monoisotopic (exact) mass is 300 g/mol. The molecule has 17 heavy (non-hydrogen) atoms. The number of likely N-dealkylation sites (N-methyl/N-ethyl adjacent to an activating group) is 1. The number of nitrogens with one attached hydrogen (secondary N) is 1. The number of halogens is 1.